The van der Waals surface area contributed by atoms with Gasteiger partial charge in [0.25, 0.3) is 0 Å². The summed E-state index contributed by atoms with van der Waals surface area (Å²) in [6, 6.07) is 4.04. The van der Waals surface area contributed by atoms with Crippen LogP contribution in [0.2, 0.25) is 0 Å². The van der Waals surface area contributed by atoms with Crippen LogP contribution in [-0.4, -0.2) is 60.0 Å². The number of aliphatic hydroxyl groups excluding tert-OH is 1. The number of hydrogen-bond acceptors (Lipinski definition) is 5. The standard InChI is InChI=1S/C17H27N3O3/c1-17(2,3)23-16(22)20-9-7-13-5-6-15(19(4)11-12-21)18-14(13)8-10-20/h5-6,21H,7-12H2,1-4H3. The molecule has 0 aromatic carbocycles. The normalized spacial score (nSPS) is 14.9. The fraction of sp³-hybridized carbons (Fsp3) is 0.647. The third-order valence-electron chi connectivity index (χ3n) is 3.80. The van der Waals surface area contributed by atoms with Gasteiger partial charge in [0.1, 0.15) is 11.4 Å². The van der Waals surface area contributed by atoms with Gasteiger partial charge in [-0.2, -0.15) is 0 Å². The van der Waals surface area contributed by atoms with Crippen LogP contribution in [0, 0.1) is 0 Å². The maximum absolute atomic E-state index is 12.2. The number of carbonyl (C=O) groups is 1. The molecule has 0 fully saturated rings. The fourth-order valence-corrected chi connectivity index (χ4v) is 2.56. The Labute approximate surface area is 138 Å². The summed E-state index contributed by atoms with van der Waals surface area (Å²) in [6.07, 6.45) is 1.24. The van der Waals surface area contributed by atoms with E-state index in [1.807, 2.05) is 38.8 Å². The predicted molar refractivity (Wildman–Crippen MR) is 89.8 cm³/mol. The number of ether oxygens (including phenoxy) is 1. The summed E-state index contributed by atoms with van der Waals surface area (Å²) >= 11 is 0. The van der Waals surface area contributed by atoms with Gasteiger partial charge in [-0.1, -0.05) is 6.07 Å². The first-order chi connectivity index (χ1) is 10.8. The number of anilines is 1. The van der Waals surface area contributed by atoms with Gasteiger partial charge in [0.15, 0.2) is 0 Å². The molecule has 0 aliphatic carbocycles. The van der Waals surface area contributed by atoms with Gasteiger partial charge in [-0.25, -0.2) is 9.78 Å². The Hall–Kier alpha value is -1.82. The van der Waals surface area contributed by atoms with Gasteiger partial charge in [-0.15, -0.1) is 0 Å². The molecule has 0 atom stereocenters. The Morgan fingerprint density at radius 3 is 2.70 bits per heavy atom. The number of amides is 1. The van der Waals surface area contributed by atoms with Crippen LogP contribution in [0.15, 0.2) is 12.1 Å². The van der Waals surface area contributed by atoms with Crippen molar-refractivity contribution < 1.29 is 14.6 Å². The highest BCUT2D eigenvalue weighted by Gasteiger charge is 2.24. The minimum absolute atomic E-state index is 0.0989. The molecule has 6 heteroatoms. The molecule has 0 saturated carbocycles. The molecule has 0 saturated heterocycles. The minimum Gasteiger partial charge on any atom is -0.444 e. The number of aromatic nitrogens is 1. The number of rotatable bonds is 3. The lowest BCUT2D eigenvalue weighted by atomic mass is 10.1. The molecule has 1 N–H and O–H groups in total. The van der Waals surface area contributed by atoms with Crippen molar-refractivity contribution in [2.24, 2.45) is 0 Å². The van der Waals surface area contributed by atoms with Crippen LogP contribution >= 0.6 is 0 Å². The lowest BCUT2D eigenvalue weighted by Gasteiger charge is -2.26. The molecule has 0 radical (unpaired) electrons. The molecule has 6 nitrogen and oxygen atoms in total. The third kappa shape index (κ3) is 4.82. The minimum atomic E-state index is -0.478. The fourth-order valence-electron chi connectivity index (χ4n) is 2.56. The van der Waals surface area contributed by atoms with E-state index in [0.29, 0.717) is 19.6 Å². The predicted octanol–water partition coefficient (Wildman–Crippen LogP) is 1.85. The zero-order valence-corrected chi connectivity index (χ0v) is 14.5. The van der Waals surface area contributed by atoms with Gasteiger partial charge in [0.2, 0.25) is 0 Å². The van der Waals surface area contributed by atoms with E-state index in [4.69, 9.17) is 14.8 Å². The zero-order chi connectivity index (χ0) is 17.0. The molecule has 0 bridgehead atoms. The third-order valence-corrected chi connectivity index (χ3v) is 3.80. The van der Waals surface area contributed by atoms with Crippen molar-refractivity contribution in [3.63, 3.8) is 0 Å². The first kappa shape index (κ1) is 17.5. The van der Waals surface area contributed by atoms with E-state index in [9.17, 15) is 4.79 Å². The molecule has 1 amide bonds. The smallest absolute Gasteiger partial charge is 0.410 e. The average Bonchev–Trinajstić information content (AvgIpc) is 2.67. The summed E-state index contributed by atoms with van der Waals surface area (Å²) in [4.78, 5) is 20.6. The van der Waals surface area contributed by atoms with Crippen molar-refractivity contribution in [3.05, 3.63) is 23.4 Å². The number of likely N-dealkylation sites (N-methyl/N-ethyl adjacent to an activating group) is 1. The van der Waals surface area contributed by atoms with Crippen LogP contribution in [0.3, 0.4) is 0 Å². The van der Waals surface area contributed by atoms with Gasteiger partial charge < -0.3 is 19.6 Å². The molecule has 0 spiro atoms. The number of nitrogens with zero attached hydrogens (tertiary/aromatic N) is 3. The van der Waals surface area contributed by atoms with Gasteiger partial charge in [0, 0.05) is 38.8 Å². The molecule has 1 aromatic heterocycles. The first-order valence-electron chi connectivity index (χ1n) is 8.09. The van der Waals surface area contributed by atoms with E-state index in [0.717, 1.165) is 24.4 Å². The van der Waals surface area contributed by atoms with Crippen LogP contribution in [-0.2, 0) is 17.6 Å². The average molecular weight is 321 g/mol. The Bertz CT molecular complexity index is 555. The zero-order valence-electron chi connectivity index (χ0n) is 14.5. The molecule has 128 valence electrons. The molecular formula is C17H27N3O3. The van der Waals surface area contributed by atoms with Crippen molar-refractivity contribution in [1.82, 2.24) is 9.88 Å². The summed E-state index contributed by atoms with van der Waals surface area (Å²) in [7, 11) is 1.91. The summed E-state index contributed by atoms with van der Waals surface area (Å²) < 4.78 is 5.46. The molecule has 2 rings (SSSR count). The summed E-state index contributed by atoms with van der Waals surface area (Å²) in [5.41, 5.74) is 1.73. The van der Waals surface area contributed by atoms with Crippen LogP contribution in [0.5, 0.6) is 0 Å². The Kier molecular flexibility index (Phi) is 5.46. The van der Waals surface area contributed by atoms with E-state index in [1.54, 1.807) is 4.90 Å². The van der Waals surface area contributed by atoms with Crippen molar-refractivity contribution in [2.75, 3.05) is 38.2 Å². The quantitative estimate of drug-likeness (QED) is 0.920. The Balaban J connectivity index is 2.06. The van der Waals surface area contributed by atoms with E-state index in [-0.39, 0.29) is 12.7 Å². The molecule has 2 heterocycles. The summed E-state index contributed by atoms with van der Waals surface area (Å²) in [5.74, 6) is 0.850. The van der Waals surface area contributed by atoms with Gasteiger partial charge in [0.05, 0.1) is 6.61 Å². The number of aliphatic hydroxyl groups is 1. The van der Waals surface area contributed by atoms with Crippen molar-refractivity contribution in [2.45, 2.75) is 39.2 Å². The second-order valence-electron chi connectivity index (χ2n) is 6.89. The van der Waals surface area contributed by atoms with E-state index in [1.165, 1.54) is 5.56 Å². The maximum atomic E-state index is 12.2. The van der Waals surface area contributed by atoms with Crippen LogP contribution < -0.4 is 4.90 Å². The van der Waals surface area contributed by atoms with E-state index in [2.05, 4.69) is 6.07 Å². The number of pyridine rings is 1. The molecule has 0 unspecified atom stereocenters. The largest absolute Gasteiger partial charge is 0.444 e. The molecule has 1 aliphatic heterocycles. The van der Waals surface area contributed by atoms with E-state index < -0.39 is 5.60 Å². The highest BCUT2D eigenvalue weighted by Crippen LogP contribution is 2.20. The number of carbonyl (C=O) groups excluding carboxylic acids is 1. The molecule has 1 aliphatic rings. The Morgan fingerprint density at radius 1 is 1.35 bits per heavy atom. The van der Waals surface area contributed by atoms with Gasteiger partial charge in [-0.05, 0) is 38.8 Å². The lowest BCUT2D eigenvalue weighted by molar-refractivity contribution is 0.0258. The second-order valence-corrected chi connectivity index (χ2v) is 6.89. The van der Waals surface area contributed by atoms with Crippen molar-refractivity contribution in [1.29, 1.82) is 0 Å². The highest BCUT2D eigenvalue weighted by atomic mass is 16.6. The summed E-state index contributed by atoms with van der Waals surface area (Å²) in [6.45, 7) is 7.54. The number of hydrogen-bond donors (Lipinski definition) is 1. The molecule has 1 aromatic rings. The molecule has 23 heavy (non-hydrogen) atoms. The van der Waals surface area contributed by atoms with Gasteiger partial charge in [-0.3, -0.25) is 0 Å². The van der Waals surface area contributed by atoms with Crippen molar-refractivity contribution in [3.8, 4) is 0 Å². The SMILES string of the molecule is CN(CCO)c1ccc2c(n1)CCN(C(=O)OC(C)(C)C)CC2. The highest BCUT2D eigenvalue weighted by molar-refractivity contribution is 5.68. The van der Waals surface area contributed by atoms with Crippen LogP contribution in [0.4, 0.5) is 10.6 Å². The summed E-state index contributed by atoms with van der Waals surface area (Å²) in [5, 5.41) is 9.04. The van der Waals surface area contributed by atoms with Crippen LogP contribution in [0.1, 0.15) is 32.0 Å². The maximum Gasteiger partial charge on any atom is 0.410 e. The topological polar surface area (TPSA) is 65.9 Å². The van der Waals surface area contributed by atoms with Gasteiger partial charge >= 0.3 is 6.09 Å². The van der Waals surface area contributed by atoms with Crippen LogP contribution in [0.25, 0.3) is 0 Å². The second kappa shape index (κ2) is 7.17. The lowest BCUT2D eigenvalue weighted by Crippen LogP contribution is -2.38. The van der Waals surface area contributed by atoms with E-state index >= 15 is 0 Å². The monoisotopic (exact) mass is 321 g/mol. The molecular weight excluding hydrogens is 294 g/mol. The first-order valence-corrected chi connectivity index (χ1v) is 8.09. The number of fused-ring (bicyclic) bond motifs is 1. The Morgan fingerprint density at radius 2 is 2.04 bits per heavy atom. The van der Waals surface area contributed by atoms with Crippen molar-refractivity contribution >= 4 is 11.9 Å².